The van der Waals surface area contributed by atoms with E-state index in [0.717, 1.165) is 96.3 Å². The lowest BCUT2D eigenvalue weighted by molar-refractivity contribution is -0.889. The van der Waals surface area contributed by atoms with Crippen LogP contribution >= 0.6 is 0 Å². The van der Waals surface area contributed by atoms with Crippen molar-refractivity contribution < 1.29 is 38.2 Å². The zero-order valence-corrected chi connectivity index (χ0v) is 38.1. The van der Waals surface area contributed by atoms with Crippen LogP contribution in [0.1, 0.15) is 136 Å². The van der Waals surface area contributed by atoms with Gasteiger partial charge in [-0.15, -0.1) is 0 Å². The van der Waals surface area contributed by atoms with Crippen LogP contribution in [-0.2, 0) is 28.6 Å². The lowest BCUT2D eigenvalue weighted by atomic mass is 10.1. The smallest absolute Gasteiger partial charge is 0.306 e. The molecule has 0 radical (unpaired) electrons. The summed E-state index contributed by atoms with van der Waals surface area (Å²) in [5, 5.41) is 11.6. The molecule has 0 aliphatic rings. The van der Waals surface area contributed by atoms with E-state index < -0.39 is 18.1 Å². The number of unbranched alkanes of at least 4 members (excludes halogenated alkanes) is 4. The summed E-state index contributed by atoms with van der Waals surface area (Å²) >= 11 is 0. The fourth-order valence-electron chi connectivity index (χ4n) is 5.66. The quantitative estimate of drug-likeness (QED) is 0.0264. The number of likely N-dealkylation sites (N-methyl/N-ethyl adjacent to an activating group) is 1. The number of aliphatic carboxylic acids is 1. The van der Waals surface area contributed by atoms with Gasteiger partial charge >= 0.3 is 11.9 Å². The molecule has 0 spiro atoms. The number of carboxylic acid groups (broad SMARTS) is 1. The Hall–Kier alpha value is -4.27. The van der Waals surface area contributed by atoms with Gasteiger partial charge in [-0.3, -0.25) is 9.59 Å². The summed E-state index contributed by atoms with van der Waals surface area (Å²) in [5.74, 6) is -1.87. The second kappa shape index (κ2) is 41.5. The number of esters is 2. The molecule has 0 N–H and O–H groups in total. The second-order valence-electron chi connectivity index (χ2n) is 15.5. The van der Waals surface area contributed by atoms with Crippen LogP contribution < -0.4 is 5.11 Å². The largest absolute Gasteiger partial charge is 0.544 e. The molecule has 0 rings (SSSR count). The predicted molar refractivity (Wildman–Crippen MR) is 249 cm³/mol. The van der Waals surface area contributed by atoms with E-state index in [2.05, 4.69) is 135 Å². The van der Waals surface area contributed by atoms with Gasteiger partial charge in [-0.25, -0.2) is 0 Å². The lowest BCUT2D eigenvalue weighted by Gasteiger charge is -2.34. The molecule has 60 heavy (non-hydrogen) atoms. The highest BCUT2D eigenvalue weighted by molar-refractivity contribution is 5.70. The number of carboxylic acids is 1. The molecule has 0 aromatic carbocycles. The van der Waals surface area contributed by atoms with Gasteiger partial charge in [-0.2, -0.15) is 0 Å². The van der Waals surface area contributed by atoms with Crippen molar-refractivity contribution in [2.24, 2.45) is 0 Å². The van der Waals surface area contributed by atoms with Gasteiger partial charge in [-0.05, 0) is 96.3 Å². The molecule has 0 saturated carbocycles. The Labute approximate surface area is 365 Å². The zero-order chi connectivity index (χ0) is 44.2. The van der Waals surface area contributed by atoms with E-state index in [1.54, 1.807) is 21.1 Å². The van der Waals surface area contributed by atoms with Crippen LogP contribution in [0.15, 0.2) is 122 Å². The molecule has 2 atom stereocenters. The molecular formula is C52H81NO7. The Morgan fingerprint density at radius 2 is 0.900 bits per heavy atom. The summed E-state index contributed by atoms with van der Waals surface area (Å²) < 4.78 is 17.1. The minimum atomic E-state index is -1.15. The van der Waals surface area contributed by atoms with Gasteiger partial charge in [-0.1, -0.05) is 142 Å². The number of quaternary nitrogens is 1. The molecule has 0 aromatic rings. The minimum absolute atomic E-state index is 0.00203. The van der Waals surface area contributed by atoms with Crippen LogP contribution in [0, 0.1) is 0 Å². The van der Waals surface area contributed by atoms with Crippen LogP contribution in [0.4, 0.5) is 0 Å². The highest BCUT2D eigenvalue weighted by atomic mass is 16.6. The van der Waals surface area contributed by atoms with Crippen molar-refractivity contribution in [1.29, 1.82) is 0 Å². The number of nitrogens with zero attached hydrogens (tertiary/aromatic N) is 1. The Bertz CT molecular complexity index is 1390. The van der Waals surface area contributed by atoms with Crippen LogP contribution in [0.5, 0.6) is 0 Å². The summed E-state index contributed by atoms with van der Waals surface area (Å²) in [6, 6.07) is -0.749. The van der Waals surface area contributed by atoms with E-state index >= 15 is 0 Å². The summed E-state index contributed by atoms with van der Waals surface area (Å²) in [6.07, 6.45) is 58.0. The van der Waals surface area contributed by atoms with E-state index in [4.69, 9.17) is 14.2 Å². The molecule has 0 aliphatic heterocycles. The maximum Gasteiger partial charge on any atom is 0.306 e. The summed E-state index contributed by atoms with van der Waals surface area (Å²) in [5.41, 5.74) is 0. The third kappa shape index (κ3) is 39.2. The van der Waals surface area contributed by atoms with Gasteiger partial charge in [0.15, 0.2) is 6.10 Å². The van der Waals surface area contributed by atoms with Gasteiger partial charge in [0.25, 0.3) is 0 Å². The monoisotopic (exact) mass is 832 g/mol. The van der Waals surface area contributed by atoms with Crippen molar-refractivity contribution in [3.63, 3.8) is 0 Å². The SMILES string of the molecule is CC/C=C/C/C=C/C/C=C/C/C=C/C/C=C/CCCCCC(=O)OCC(COCCC(C(=O)[O-])[N+](C)(C)C)OC(=O)CCC/C=C/C/C=C/C/C=C/C/C=C/C/C=C/CC. The van der Waals surface area contributed by atoms with Gasteiger partial charge in [0.05, 0.1) is 40.3 Å². The number of allylic oxidation sites excluding steroid dienone is 20. The molecule has 0 fully saturated rings. The van der Waals surface area contributed by atoms with Crippen molar-refractivity contribution in [2.75, 3.05) is 41.0 Å². The fourth-order valence-corrected chi connectivity index (χ4v) is 5.66. The summed E-state index contributed by atoms with van der Waals surface area (Å²) in [6.45, 7) is 4.30. The predicted octanol–water partition coefficient (Wildman–Crippen LogP) is 11.3. The molecule has 0 bridgehead atoms. The maximum atomic E-state index is 12.7. The van der Waals surface area contributed by atoms with Crippen LogP contribution in [0.3, 0.4) is 0 Å². The number of hydrogen-bond acceptors (Lipinski definition) is 7. The Morgan fingerprint density at radius 3 is 1.32 bits per heavy atom. The first-order valence-corrected chi connectivity index (χ1v) is 22.6. The van der Waals surface area contributed by atoms with E-state index in [1.165, 1.54) is 0 Å². The van der Waals surface area contributed by atoms with Gasteiger partial charge in [0.1, 0.15) is 12.6 Å². The third-order valence-electron chi connectivity index (χ3n) is 9.09. The van der Waals surface area contributed by atoms with Gasteiger partial charge < -0.3 is 28.6 Å². The first-order chi connectivity index (χ1) is 29.1. The average molecular weight is 832 g/mol. The van der Waals surface area contributed by atoms with Crippen molar-refractivity contribution >= 4 is 17.9 Å². The molecule has 2 unspecified atom stereocenters. The van der Waals surface area contributed by atoms with E-state index in [1.807, 2.05) is 0 Å². The highest BCUT2D eigenvalue weighted by Crippen LogP contribution is 2.10. The molecule has 0 aromatic heterocycles. The number of hydrogen-bond donors (Lipinski definition) is 0. The Balaban J connectivity index is 4.52. The van der Waals surface area contributed by atoms with E-state index in [0.29, 0.717) is 6.42 Å². The third-order valence-corrected chi connectivity index (χ3v) is 9.09. The van der Waals surface area contributed by atoms with Gasteiger partial charge in [0, 0.05) is 19.3 Å². The van der Waals surface area contributed by atoms with E-state index in [9.17, 15) is 19.5 Å². The normalized spacial score (nSPS) is 14.1. The van der Waals surface area contributed by atoms with E-state index in [-0.39, 0.29) is 55.5 Å². The Kier molecular flexibility index (Phi) is 38.5. The Morgan fingerprint density at radius 1 is 0.500 bits per heavy atom. The summed E-state index contributed by atoms with van der Waals surface area (Å²) in [7, 11) is 5.36. The first kappa shape index (κ1) is 55.7. The van der Waals surface area contributed by atoms with Gasteiger partial charge in [0.2, 0.25) is 0 Å². The molecule has 0 heterocycles. The molecule has 8 nitrogen and oxygen atoms in total. The zero-order valence-electron chi connectivity index (χ0n) is 38.1. The molecule has 336 valence electrons. The highest BCUT2D eigenvalue weighted by Gasteiger charge is 2.25. The first-order valence-electron chi connectivity index (χ1n) is 22.6. The van der Waals surface area contributed by atoms with Crippen LogP contribution in [0.2, 0.25) is 0 Å². The number of ether oxygens (including phenoxy) is 3. The lowest BCUT2D eigenvalue weighted by Crippen LogP contribution is -2.55. The number of rotatable bonds is 38. The topological polar surface area (TPSA) is 102 Å². The molecule has 0 aliphatic carbocycles. The van der Waals surface area contributed by atoms with Crippen molar-refractivity contribution in [2.45, 2.75) is 148 Å². The minimum Gasteiger partial charge on any atom is -0.544 e. The number of carbonyl (C=O) groups excluding carboxylic acids is 3. The van der Waals surface area contributed by atoms with Crippen molar-refractivity contribution in [1.82, 2.24) is 0 Å². The number of carbonyl (C=O) groups is 3. The molecule has 0 saturated heterocycles. The van der Waals surface area contributed by atoms with Crippen molar-refractivity contribution in [3.05, 3.63) is 122 Å². The second-order valence-corrected chi connectivity index (χ2v) is 15.5. The molecular weight excluding hydrogens is 751 g/mol. The van der Waals surface area contributed by atoms with Crippen LogP contribution in [-0.4, -0.2) is 75.5 Å². The molecule has 0 amide bonds. The van der Waals surface area contributed by atoms with Crippen LogP contribution in [0.25, 0.3) is 0 Å². The maximum absolute atomic E-state index is 12.7. The standard InChI is InChI=1S/C52H81NO7/c1-6-8-10-12-14-16-18-20-22-24-25-27-28-30-32-34-36-38-40-42-50(54)59-47-48(46-58-45-44-49(52(56)57)53(3,4)5)60-51(55)43-41-39-37-35-33-31-29-26-23-21-19-17-15-13-11-9-7-2/h8-11,14-17,20-23,25,27,29-32,35,37,48-49H,6-7,12-13,18-19,24,26,28,33-34,36,38-47H2,1-5H3/b10-8+,11-9+,16-14+,17-15+,22-20+,23-21+,27-25+,31-29+,32-30+,37-35+. The average Bonchev–Trinajstić information content (AvgIpc) is 3.21. The van der Waals surface area contributed by atoms with Crippen molar-refractivity contribution in [3.8, 4) is 0 Å². The fraction of sp³-hybridized carbons (Fsp3) is 0.558. The molecule has 8 heteroatoms. The summed E-state index contributed by atoms with van der Waals surface area (Å²) in [4.78, 5) is 36.9.